The molecule has 0 fully saturated rings. The molecule has 1 atom stereocenters. The van der Waals surface area contributed by atoms with Gasteiger partial charge in [-0.2, -0.15) is 0 Å². The molecule has 2 N–H and O–H groups in total. The first-order valence-corrected chi connectivity index (χ1v) is 9.60. The molecule has 20 heavy (non-hydrogen) atoms. The van der Waals surface area contributed by atoms with Crippen molar-refractivity contribution in [3.8, 4) is 0 Å². The molecule has 0 amide bonds. The van der Waals surface area contributed by atoms with Crippen LogP contribution in [0.15, 0.2) is 12.1 Å². The molecule has 6 heteroatoms. The van der Waals surface area contributed by atoms with Crippen LogP contribution in [-0.4, -0.2) is 45.5 Å². The molecule has 0 spiro atoms. The molecule has 4 nitrogen and oxygen atoms in total. The van der Waals surface area contributed by atoms with Crippen LogP contribution < -0.4 is 5.73 Å². The molecule has 1 aromatic heterocycles. The minimum atomic E-state index is -2.94. The van der Waals surface area contributed by atoms with Gasteiger partial charge in [0.2, 0.25) is 0 Å². The zero-order valence-electron chi connectivity index (χ0n) is 13.0. The highest BCUT2D eigenvalue weighted by molar-refractivity contribution is 7.90. The van der Waals surface area contributed by atoms with E-state index in [9.17, 15) is 8.42 Å². The Labute approximate surface area is 126 Å². The summed E-state index contributed by atoms with van der Waals surface area (Å²) in [6.07, 6.45) is 1.27. The Balaban J connectivity index is 2.82. The summed E-state index contributed by atoms with van der Waals surface area (Å²) in [7, 11) is -1.01. The van der Waals surface area contributed by atoms with E-state index in [4.69, 9.17) is 5.73 Å². The van der Waals surface area contributed by atoms with Crippen molar-refractivity contribution >= 4 is 21.2 Å². The Kier molecular flexibility index (Phi) is 5.78. The topological polar surface area (TPSA) is 63.4 Å². The number of likely N-dealkylation sites (N-methyl/N-ethyl adjacent to an activating group) is 1. The maximum Gasteiger partial charge on any atom is 0.148 e. The molecule has 0 aliphatic rings. The fraction of sp³-hybridized carbons (Fsp3) is 0.714. The first kappa shape index (κ1) is 17.6. The summed E-state index contributed by atoms with van der Waals surface area (Å²) < 4.78 is 22.5. The molecule has 0 saturated carbocycles. The molecule has 1 unspecified atom stereocenters. The maximum absolute atomic E-state index is 11.3. The molecule has 1 aromatic rings. The monoisotopic (exact) mass is 318 g/mol. The summed E-state index contributed by atoms with van der Waals surface area (Å²) >= 11 is 1.76. The average Bonchev–Trinajstić information content (AvgIpc) is 2.75. The van der Waals surface area contributed by atoms with Crippen LogP contribution in [0.25, 0.3) is 0 Å². The number of hydrogen-bond acceptors (Lipinski definition) is 5. The fourth-order valence-corrected chi connectivity index (χ4v) is 3.78. The van der Waals surface area contributed by atoms with E-state index in [1.165, 1.54) is 16.0 Å². The van der Waals surface area contributed by atoms with Crippen molar-refractivity contribution in [2.45, 2.75) is 32.2 Å². The highest BCUT2D eigenvalue weighted by Crippen LogP contribution is 2.33. The summed E-state index contributed by atoms with van der Waals surface area (Å²) in [5.41, 5.74) is 6.01. The van der Waals surface area contributed by atoms with Gasteiger partial charge in [-0.3, -0.25) is 4.90 Å². The molecular formula is C14H26N2O2S2. The highest BCUT2D eigenvalue weighted by Gasteiger charge is 2.22. The highest BCUT2D eigenvalue weighted by atomic mass is 32.2. The Bertz CT molecular complexity index is 530. The van der Waals surface area contributed by atoms with E-state index >= 15 is 0 Å². The van der Waals surface area contributed by atoms with Gasteiger partial charge in [0.05, 0.1) is 11.8 Å². The first-order chi connectivity index (χ1) is 9.04. The number of thiophene rings is 1. The largest absolute Gasteiger partial charge is 0.329 e. The van der Waals surface area contributed by atoms with Crippen LogP contribution >= 0.6 is 11.3 Å². The van der Waals surface area contributed by atoms with Gasteiger partial charge < -0.3 is 5.73 Å². The van der Waals surface area contributed by atoms with Gasteiger partial charge in [0.25, 0.3) is 0 Å². The minimum Gasteiger partial charge on any atom is -0.329 e. The second-order valence-electron chi connectivity index (χ2n) is 6.31. The predicted molar refractivity (Wildman–Crippen MR) is 87.2 cm³/mol. The lowest BCUT2D eigenvalue weighted by Crippen LogP contribution is -2.33. The zero-order chi connectivity index (χ0) is 15.6. The van der Waals surface area contributed by atoms with Gasteiger partial charge in [-0.25, -0.2) is 8.42 Å². The quantitative estimate of drug-likeness (QED) is 0.871. The molecule has 0 radical (unpaired) electrons. The predicted octanol–water partition coefficient (Wildman–Crippen LogP) is 2.02. The lowest BCUT2D eigenvalue weighted by Gasteiger charge is -2.26. The Morgan fingerprint density at radius 2 is 1.95 bits per heavy atom. The maximum atomic E-state index is 11.3. The SMILES string of the molecule is CN(CCS(C)(=O)=O)C(CN)c1ccc(C(C)(C)C)s1. The van der Waals surface area contributed by atoms with Crippen LogP contribution in [0.2, 0.25) is 0 Å². The summed E-state index contributed by atoms with van der Waals surface area (Å²) in [5.74, 6) is 0.164. The van der Waals surface area contributed by atoms with Gasteiger partial charge in [-0.05, 0) is 24.6 Å². The van der Waals surface area contributed by atoms with Gasteiger partial charge in [0.1, 0.15) is 9.84 Å². The van der Waals surface area contributed by atoms with E-state index in [0.717, 1.165) is 0 Å². The van der Waals surface area contributed by atoms with E-state index < -0.39 is 9.84 Å². The summed E-state index contributed by atoms with van der Waals surface area (Å²) in [6.45, 7) is 7.56. The summed E-state index contributed by atoms with van der Waals surface area (Å²) in [6, 6.07) is 4.34. The molecular weight excluding hydrogens is 292 g/mol. The molecule has 0 aliphatic heterocycles. The van der Waals surface area contributed by atoms with Crippen molar-refractivity contribution in [3.63, 3.8) is 0 Å². The molecule has 0 aliphatic carbocycles. The molecule has 0 saturated heterocycles. The summed E-state index contributed by atoms with van der Waals surface area (Å²) in [5, 5.41) is 0. The molecule has 0 aromatic carbocycles. The average molecular weight is 319 g/mol. The van der Waals surface area contributed by atoms with Crippen molar-refractivity contribution in [2.24, 2.45) is 5.73 Å². The Morgan fingerprint density at radius 1 is 1.35 bits per heavy atom. The van der Waals surface area contributed by atoms with Crippen LogP contribution in [0.5, 0.6) is 0 Å². The lowest BCUT2D eigenvalue weighted by atomic mass is 9.95. The molecule has 0 bridgehead atoms. The zero-order valence-corrected chi connectivity index (χ0v) is 14.6. The van der Waals surface area contributed by atoms with E-state index in [0.29, 0.717) is 13.1 Å². The Morgan fingerprint density at radius 3 is 2.35 bits per heavy atom. The third kappa shape index (κ3) is 5.16. The fourth-order valence-electron chi connectivity index (χ4n) is 1.91. The number of sulfone groups is 1. The number of nitrogens with zero attached hydrogens (tertiary/aromatic N) is 1. The van der Waals surface area contributed by atoms with Crippen molar-refractivity contribution in [3.05, 3.63) is 21.9 Å². The van der Waals surface area contributed by atoms with E-state index in [1.54, 1.807) is 11.3 Å². The van der Waals surface area contributed by atoms with Crippen molar-refractivity contribution in [1.82, 2.24) is 4.90 Å². The number of rotatable bonds is 6. The second-order valence-corrected chi connectivity index (χ2v) is 9.69. The van der Waals surface area contributed by atoms with Crippen LogP contribution in [0.4, 0.5) is 0 Å². The van der Waals surface area contributed by atoms with Crippen LogP contribution in [0.3, 0.4) is 0 Å². The lowest BCUT2D eigenvalue weighted by molar-refractivity contribution is 0.268. The van der Waals surface area contributed by atoms with Crippen LogP contribution in [-0.2, 0) is 15.3 Å². The molecule has 1 heterocycles. The van der Waals surface area contributed by atoms with Crippen LogP contribution in [0.1, 0.15) is 36.6 Å². The van der Waals surface area contributed by atoms with E-state index in [-0.39, 0.29) is 17.2 Å². The second kappa shape index (κ2) is 6.56. The van der Waals surface area contributed by atoms with Crippen molar-refractivity contribution in [1.29, 1.82) is 0 Å². The van der Waals surface area contributed by atoms with Gasteiger partial charge in [0, 0.05) is 29.1 Å². The van der Waals surface area contributed by atoms with Gasteiger partial charge in [-0.15, -0.1) is 11.3 Å². The van der Waals surface area contributed by atoms with Gasteiger partial charge in [0.15, 0.2) is 0 Å². The van der Waals surface area contributed by atoms with E-state index in [1.807, 2.05) is 11.9 Å². The number of hydrogen-bond donors (Lipinski definition) is 1. The normalized spacial score (nSPS) is 14.8. The van der Waals surface area contributed by atoms with Crippen molar-refractivity contribution in [2.75, 3.05) is 32.1 Å². The number of nitrogens with two attached hydrogens (primary N) is 1. The smallest absolute Gasteiger partial charge is 0.148 e. The van der Waals surface area contributed by atoms with Crippen molar-refractivity contribution < 1.29 is 8.42 Å². The third-order valence-corrected chi connectivity index (χ3v) is 5.80. The van der Waals surface area contributed by atoms with Gasteiger partial charge in [-0.1, -0.05) is 20.8 Å². The van der Waals surface area contributed by atoms with Crippen LogP contribution in [0, 0.1) is 0 Å². The third-order valence-electron chi connectivity index (χ3n) is 3.26. The van der Waals surface area contributed by atoms with Gasteiger partial charge >= 0.3 is 0 Å². The Hall–Kier alpha value is -0.430. The molecule has 116 valence electrons. The standard InChI is InChI=1S/C14H26N2O2S2/c1-14(2,3)13-7-6-12(19-13)11(10-15)16(4)8-9-20(5,17)18/h6-7,11H,8-10,15H2,1-5H3. The minimum absolute atomic E-state index is 0.0813. The first-order valence-electron chi connectivity index (χ1n) is 6.73. The molecule has 1 rings (SSSR count). The van der Waals surface area contributed by atoms with E-state index in [2.05, 4.69) is 32.9 Å². The summed E-state index contributed by atoms with van der Waals surface area (Å²) in [4.78, 5) is 4.55.